The molecule has 0 saturated carbocycles. The summed E-state index contributed by atoms with van der Waals surface area (Å²) in [6.45, 7) is 15.8. The molecule has 1 amide bonds. The van der Waals surface area contributed by atoms with Gasteiger partial charge < -0.3 is 5.32 Å². The number of amides is 1. The van der Waals surface area contributed by atoms with Crippen molar-refractivity contribution >= 4 is 17.7 Å². The zero-order valence-corrected chi connectivity index (χ0v) is 20.5. The summed E-state index contributed by atoms with van der Waals surface area (Å²) in [5.74, 6) is 12.7. The molecule has 0 atom stereocenters. The average molecular weight is 427 g/mol. The molecule has 0 aliphatic rings. The average Bonchev–Trinajstić information content (AvgIpc) is 2.66. The van der Waals surface area contributed by atoms with Crippen molar-refractivity contribution in [1.29, 1.82) is 0 Å². The molecule has 1 rings (SSSR count). The highest BCUT2D eigenvalue weighted by molar-refractivity contribution is 8.00. The summed E-state index contributed by atoms with van der Waals surface area (Å²) in [5.41, 5.74) is 2.45. The second kappa shape index (κ2) is 14.2. The van der Waals surface area contributed by atoms with Crippen molar-refractivity contribution in [3.05, 3.63) is 29.3 Å². The molecule has 0 saturated heterocycles. The normalized spacial score (nSPS) is 10.8. The predicted octanol–water partition coefficient (Wildman–Crippen LogP) is 5.06. The van der Waals surface area contributed by atoms with E-state index >= 15 is 0 Å². The first-order chi connectivity index (χ1) is 14.2. The number of carbonyl (C=O) groups excluding carboxylic acids is 1. The Bertz CT molecular complexity index is 787. The molecule has 0 aliphatic heterocycles. The topological polar surface area (TPSA) is 32.3 Å². The molecule has 1 aromatic carbocycles. The number of nitrogens with zero attached hydrogens (tertiary/aromatic N) is 1. The van der Waals surface area contributed by atoms with Gasteiger partial charge in [0, 0.05) is 23.4 Å². The number of hydrogen-bond acceptors (Lipinski definition) is 3. The van der Waals surface area contributed by atoms with E-state index in [1.807, 2.05) is 0 Å². The zero-order valence-electron chi connectivity index (χ0n) is 19.7. The number of aryl methyl sites for hydroxylation is 2. The van der Waals surface area contributed by atoms with Crippen LogP contribution in [-0.2, 0) is 4.79 Å². The first-order valence-corrected chi connectivity index (χ1v) is 11.9. The lowest BCUT2D eigenvalue weighted by Gasteiger charge is -2.19. The van der Waals surface area contributed by atoms with E-state index in [0.29, 0.717) is 18.8 Å². The fourth-order valence-electron chi connectivity index (χ4n) is 2.78. The van der Waals surface area contributed by atoms with Gasteiger partial charge in [0.05, 0.1) is 12.3 Å². The van der Waals surface area contributed by atoms with Crippen LogP contribution in [0.2, 0.25) is 0 Å². The van der Waals surface area contributed by atoms with Crippen molar-refractivity contribution in [2.45, 2.75) is 65.7 Å². The first-order valence-electron chi connectivity index (χ1n) is 10.9. The molecule has 0 spiro atoms. The Balaban J connectivity index is 2.44. The summed E-state index contributed by atoms with van der Waals surface area (Å²) in [5, 5.41) is 3.05. The number of thioether (sulfide) groups is 1. The molecule has 1 aromatic rings. The second-order valence-electron chi connectivity index (χ2n) is 8.69. The van der Waals surface area contributed by atoms with E-state index in [9.17, 15) is 4.79 Å². The summed E-state index contributed by atoms with van der Waals surface area (Å²) < 4.78 is 0. The maximum Gasteiger partial charge on any atom is 0.230 e. The summed E-state index contributed by atoms with van der Waals surface area (Å²) >= 11 is 1.60. The smallest absolute Gasteiger partial charge is 0.230 e. The lowest BCUT2D eigenvalue weighted by molar-refractivity contribution is -0.118. The van der Waals surface area contributed by atoms with Crippen LogP contribution in [0, 0.1) is 42.9 Å². The molecular formula is C26H38N2OS. The highest BCUT2D eigenvalue weighted by Gasteiger charge is 2.07. The second-order valence-corrected chi connectivity index (χ2v) is 9.71. The van der Waals surface area contributed by atoms with E-state index in [0.717, 1.165) is 19.5 Å². The molecular weight excluding hydrogens is 388 g/mol. The van der Waals surface area contributed by atoms with E-state index in [4.69, 9.17) is 0 Å². The van der Waals surface area contributed by atoms with Gasteiger partial charge in [-0.1, -0.05) is 49.3 Å². The molecule has 0 bridgehead atoms. The van der Waals surface area contributed by atoms with Gasteiger partial charge in [-0.15, -0.1) is 11.8 Å². The van der Waals surface area contributed by atoms with Crippen LogP contribution in [0.25, 0.3) is 0 Å². The van der Waals surface area contributed by atoms with Crippen LogP contribution >= 0.6 is 11.8 Å². The quantitative estimate of drug-likeness (QED) is 0.305. The number of carbonyl (C=O) groups is 1. The fraction of sp³-hybridized carbons (Fsp3) is 0.577. The van der Waals surface area contributed by atoms with Gasteiger partial charge in [0.15, 0.2) is 0 Å². The Labute approximate surface area is 188 Å². The Morgan fingerprint density at radius 2 is 1.90 bits per heavy atom. The van der Waals surface area contributed by atoms with Crippen LogP contribution in [-0.4, -0.2) is 42.7 Å². The van der Waals surface area contributed by atoms with Gasteiger partial charge in [0.25, 0.3) is 0 Å². The number of nitrogens with one attached hydrogen (secondary N) is 1. The largest absolute Gasteiger partial charge is 0.354 e. The Kier molecular flexibility index (Phi) is 12.4. The summed E-state index contributed by atoms with van der Waals surface area (Å²) in [7, 11) is 0. The molecule has 4 heteroatoms. The molecule has 0 unspecified atom stereocenters. The van der Waals surface area contributed by atoms with Crippen LogP contribution < -0.4 is 5.32 Å². The Morgan fingerprint density at radius 3 is 2.57 bits per heavy atom. The summed E-state index contributed by atoms with van der Waals surface area (Å²) in [6.07, 6.45) is 3.57. The minimum atomic E-state index is -0.0189. The molecule has 0 radical (unpaired) electrons. The molecule has 0 aromatic heterocycles. The van der Waals surface area contributed by atoms with Gasteiger partial charge in [-0.25, -0.2) is 0 Å². The lowest BCUT2D eigenvalue weighted by Crippen LogP contribution is -2.36. The van der Waals surface area contributed by atoms with Gasteiger partial charge in [0.2, 0.25) is 5.91 Å². The number of unbranched alkanes of at least 4 members (excludes halogenated alkanes) is 2. The van der Waals surface area contributed by atoms with Crippen LogP contribution in [0.5, 0.6) is 0 Å². The van der Waals surface area contributed by atoms with E-state index in [1.54, 1.807) is 11.8 Å². The maximum atomic E-state index is 12.2. The SMILES string of the molecule is CCCCCN(CC#CC#CC(C)(C)C)CCNC(=O)CSc1ccc(C)cc1C. The molecule has 1 N–H and O–H groups in total. The first kappa shape index (κ1) is 26.2. The maximum absolute atomic E-state index is 12.2. The third-order valence-electron chi connectivity index (χ3n) is 4.41. The highest BCUT2D eigenvalue weighted by atomic mass is 32.2. The van der Waals surface area contributed by atoms with E-state index in [2.05, 4.69) is 93.6 Å². The van der Waals surface area contributed by atoms with Gasteiger partial charge in [-0.05, 0) is 71.1 Å². The zero-order chi connectivity index (χ0) is 22.4. The van der Waals surface area contributed by atoms with Gasteiger partial charge >= 0.3 is 0 Å². The molecule has 30 heavy (non-hydrogen) atoms. The predicted molar refractivity (Wildman–Crippen MR) is 131 cm³/mol. The van der Waals surface area contributed by atoms with E-state index in [-0.39, 0.29) is 11.3 Å². The van der Waals surface area contributed by atoms with Crippen LogP contribution in [0.15, 0.2) is 23.1 Å². The standard InChI is InChI=1S/C26H38N2OS/c1-7-8-11-17-28(18-12-9-10-15-26(4,5)6)19-16-27-25(29)21-30-24-14-13-22(2)20-23(24)3/h13-14,20H,7-8,11,16-19,21H2,1-6H3,(H,27,29). The minimum Gasteiger partial charge on any atom is -0.354 e. The third kappa shape index (κ3) is 12.6. The molecule has 0 fully saturated rings. The van der Waals surface area contributed by atoms with Crippen molar-refractivity contribution in [3.8, 4) is 23.7 Å². The third-order valence-corrected chi connectivity index (χ3v) is 5.58. The monoisotopic (exact) mass is 426 g/mol. The van der Waals surface area contributed by atoms with Crippen molar-refractivity contribution in [2.75, 3.05) is 31.9 Å². The Morgan fingerprint density at radius 1 is 1.13 bits per heavy atom. The molecule has 164 valence electrons. The van der Waals surface area contributed by atoms with Crippen LogP contribution in [0.1, 0.15) is 58.1 Å². The number of hydrogen-bond donors (Lipinski definition) is 1. The summed E-state index contributed by atoms with van der Waals surface area (Å²) in [6, 6.07) is 6.34. The van der Waals surface area contributed by atoms with Gasteiger partial charge in [0.1, 0.15) is 0 Å². The highest BCUT2D eigenvalue weighted by Crippen LogP contribution is 2.22. The minimum absolute atomic E-state index is 0.0189. The van der Waals surface area contributed by atoms with Crippen LogP contribution in [0.4, 0.5) is 0 Å². The van der Waals surface area contributed by atoms with Crippen LogP contribution in [0.3, 0.4) is 0 Å². The van der Waals surface area contributed by atoms with Gasteiger partial charge in [-0.2, -0.15) is 0 Å². The fourth-order valence-corrected chi connectivity index (χ4v) is 3.62. The van der Waals surface area contributed by atoms with Crippen molar-refractivity contribution in [3.63, 3.8) is 0 Å². The van der Waals surface area contributed by atoms with E-state index < -0.39 is 0 Å². The van der Waals surface area contributed by atoms with E-state index in [1.165, 1.54) is 28.9 Å². The summed E-state index contributed by atoms with van der Waals surface area (Å²) in [4.78, 5) is 15.7. The molecule has 3 nitrogen and oxygen atoms in total. The number of rotatable bonds is 11. The molecule has 0 aliphatic carbocycles. The lowest BCUT2D eigenvalue weighted by atomic mass is 9.98. The van der Waals surface area contributed by atoms with Crippen molar-refractivity contribution in [2.24, 2.45) is 5.41 Å². The van der Waals surface area contributed by atoms with Crippen molar-refractivity contribution in [1.82, 2.24) is 10.2 Å². The Hall–Kier alpha value is -1.88. The van der Waals surface area contributed by atoms with Crippen molar-refractivity contribution < 1.29 is 4.79 Å². The number of benzene rings is 1. The van der Waals surface area contributed by atoms with Gasteiger partial charge in [-0.3, -0.25) is 9.69 Å². The molecule has 0 heterocycles.